The van der Waals surface area contributed by atoms with Crippen molar-refractivity contribution >= 4 is 23.1 Å². The summed E-state index contributed by atoms with van der Waals surface area (Å²) in [6, 6.07) is 3.08. The molecular formula is C15H25NS2. The van der Waals surface area contributed by atoms with E-state index in [0.717, 1.165) is 6.54 Å². The van der Waals surface area contributed by atoms with Gasteiger partial charge in [-0.25, -0.2) is 0 Å². The zero-order valence-corrected chi connectivity index (χ0v) is 13.3. The van der Waals surface area contributed by atoms with E-state index in [9.17, 15) is 0 Å². The van der Waals surface area contributed by atoms with E-state index in [1.807, 2.05) is 0 Å². The van der Waals surface area contributed by atoms with Crippen molar-refractivity contribution in [3.05, 3.63) is 21.4 Å². The molecule has 1 aliphatic heterocycles. The molecule has 1 N–H and O–H groups in total. The summed E-state index contributed by atoms with van der Waals surface area (Å²) in [7, 11) is 0. The summed E-state index contributed by atoms with van der Waals surface area (Å²) in [5.74, 6) is 2.55. The van der Waals surface area contributed by atoms with Crippen molar-refractivity contribution in [2.24, 2.45) is 0 Å². The van der Waals surface area contributed by atoms with E-state index in [2.05, 4.69) is 48.3 Å². The molecule has 1 aliphatic rings. The van der Waals surface area contributed by atoms with Crippen molar-refractivity contribution in [3.8, 4) is 0 Å². The summed E-state index contributed by atoms with van der Waals surface area (Å²) in [5, 5.41) is 3.73. The number of unbranched alkanes of at least 4 members (excludes halogenated alkanes) is 1. The molecule has 0 aliphatic carbocycles. The number of thioether (sulfide) groups is 1. The molecule has 1 atom stereocenters. The first-order valence-electron chi connectivity index (χ1n) is 7.27. The van der Waals surface area contributed by atoms with Gasteiger partial charge < -0.3 is 5.32 Å². The standard InChI is InChI=1S/C15H25NS2/c1-3-5-6-13(16-8-4-2)15-10-12-11-17-9-7-14(12)18-15/h10,13,16H,3-9,11H2,1-2H3. The number of thiophene rings is 1. The Hall–Kier alpha value is 0.01000. The molecule has 0 fully saturated rings. The lowest BCUT2D eigenvalue weighted by Gasteiger charge is -2.16. The number of hydrogen-bond acceptors (Lipinski definition) is 3. The largest absolute Gasteiger partial charge is 0.309 e. The van der Waals surface area contributed by atoms with Gasteiger partial charge in [-0.3, -0.25) is 0 Å². The van der Waals surface area contributed by atoms with Gasteiger partial charge in [0.05, 0.1) is 0 Å². The van der Waals surface area contributed by atoms with Crippen LogP contribution in [0, 0.1) is 0 Å². The minimum Gasteiger partial charge on any atom is -0.309 e. The van der Waals surface area contributed by atoms with Crippen LogP contribution in [0.15, 0.2) is 6.07 Å². The lowest BCUT2D eigenvalue weighted by molar-refractivity contribution is 0.487. The van der Waals surface area contributed by atoms with Crippen LogP contribution in [0.25, 0.3) is 0 Å². The maximum Gasteiger partial charge on any atom is 0.0414 e. The number of nitrogens with one attached hydrogen (secondary N) is 1. The molecule has 2 heterocycles. The number of hydrogen-bond donors (Lipinski definition) is 1. The molecule has 1 aromatic rings. The van der Waals surface area contributed by atoms with Gasteiger partial charge in [0.15, 0.2) is 0 Å². The lowest BCUT2D eigenvalue weighted by Crippen LogP contribution is -2.21. The Bertz CT molecular complexity index is 328. The Balaban J connectivity index is 2.05. The summed E-state index contributed by atoms with van der Waals surface area (Å²) >= 11 is 4.15. The molecule has 0 spiro atoms. The number of aryl methyl sites for hydroxylation is 1. The van der Waals surface area contributed by atoms with Crippen molar-refractivity contribution in [2.45, 2.75) is 57.7 Å². The summed E-state index contributed by atoms with van der Waals surface area (Å²) in [6.45, 7) is 5.68. The third-order valence-electron chi connectivity index (χ3n) is 3.48. The van der Waals surface area contributed by atoms with Gasteiger partial charge in [-0.2, -0.15) is 11.8 Å². The van der Waals surface area contributed by atoms with Crippen LogP contribution >= 0.6 is 23.1 Å². The second-order valence-electron chi connectivity index (χ2n) is 5.05. The molecule has 2 rings (SSSR count). The average molecular weight is 284 g/mol. The molecule has 102 valence electrons. The Morgan fingerprint density at radius 1 is 1.33 bits per heavy atom. The van der Waals surface area contributed by atoms with E-state index >= 15 is 0 Å². The van der Waals surface area contributed by atoms with E-state index in [4.69, 9.17) is 0 Å². The van der Waals surface area contributed by atoms with Crippen LogP contribution in [-0.4, -0.2) is 12.3 Å². The fourth-order valence-corrected chi connectivity index (χ4v) is 4.90. The van der Waals surface area contributed by atoms with Crippen LogP contribution in [0.5, 0.6) is 0 Å². The third-order valence-corrected chi connectivity index (χ3v) is 5.84. The van der Waals surface area contributed by atoms with Gasteiger partial charge in [0.1, 0.15) is 0 Å². The predicted molar refractivity (Wildman–Crippen MR) is 84.7 cm³/mol. The molecular weight excluding hydrogens is 258 g/mol. The molecule has 1 aromatic heterocycles. The van der Waals surface area contributed by atoms with Crippen LogP contribution < -0.4 is 5.32 Å². The van der Waals surface area contributed by atoms with Crippen LogP contribution in [0.4, 0.5) is 0 Å². The monoisotopic (exact) mass is 283 g/mol. The molecule has 0 bridgehead atoms. The number of rotatable bonds is 7. The molecule has 1 nitrogen and oxygen atoms in total. The summed E-state index contributed by atoms with van der Waals surface area (Å²) in [5.41, 5.74) is 1.62. The number of fused-ring (bicyclic) bond motifs is 1. The molecule has 0 amide bonds. The van der Waals surface area contributed by atoms with Gasteiger partial charge in [0.25, 0.3) is 0 Å². The van der Waals surface area contributed by atoms with Gasteiger partial charge in [0, 0.05) is 21.5 Å². The summed E-state index contributed by atoms with van der Waals surface area (Å²) in [4.78, 5) is 3.24. The zero-order chi connectivity index (χ0) is 12.8. The molecule has 0 saturated carbocycles. The second kappa shape index (κ2) is 7.56. The highest BCUT2D eigenvalue weighted by atomic mass is 32.2. The van der Waals surface area contributed by atoms with Crippen LogP contribution in [0.3, 0.4) is 0 Å². The topological polar surface area (TPSA) is 12.0 Å². The van der Waals surface area contributed by atoms with E-state index < -0.39 is 0 Å². The normalized spacial score (nSPS) is 16.6. The van der Waals surface area contributed by atoms with Crippen LogP contribution in [-0.2, 0) is 12.2 Å². The SMILES string of the molecule is CCCCC(NCCC)c1cc2c(s1)CCSC2. The third kappa shape index (κ3) is 3.75. The molecule has 1 unspecified atom stereocenters. The molecule has 18 heavy (non-hydrogen) atoms. The second-order valence-corrected chi connectivity index (χ2v) is 7.32. The van der Waals surface area contributed by atoms with Crippen molar-refractivity contribution in [3.63, 3.8) is 0 Å². The van der Waals surface area contributed by atoms with E-state index in [-0.39, 0.29) is 0 Å². The maximum atomic E-state index is 3.73. The van der Waals surface area contributed by atoms with Crippen LogP contribution in [0.1, 0.15) is 60.9 Å². The molecule has 0 saturated heterocycles. The minimum atomic E-state index is 0.602. The fraction of sp³-hybridized carbons (Fsp3) is 0.733. The summed E-state index contributed by atoms with van der Waals surface area (Å²) in [6.07, 6.45) is 6.44. The van der Waals surface area contributed by atoms with E-state index in [1.54, 1.807) is 15.3 Å². The quantitative estimate of drug-likeness (QED) is 0.773. The first-order chi connectivity index (χ1) is 8.85. The van der Waals surface area contributed by atoms with Crippen molar-refractivity contribution in [2.75, 3.05) is 12.3 Å². The van der Waals surface area contributed by atoms with Crippen molar-refractivity contribution in [1.29, 1.82) is 0 Å². The fourth-order valence-electron chi connectivity index (χ4n) is 2.41. The van der Waals surface area contributed by atoms with E-state index in [0.29, 0.717) is 6.04 Å². The Morgan fingerprint density at radius 3 is 2.94 bits per heavy atom. The highest BCUT2D eigenvalue weighted by Gasteiger charge is 2.18. The average Bonchev–Trinajstić information content (AvgIpc) is 2.82. The van der Waals surface area contributed by atoms with Crippen molar-refractivity contribution < 1.29 is 0 Å². The Kier molecular flexibility index (Phi) is 6.06. The van der Waals surface area contributed by atoms with Crippen molar-refractivity contribution in [1.82, 2.24) is 5.32 Å². The predicted octanol–water partition coefficient (Wildman–Crippen LogP) is 4.77. The first kappa shape index (κ1) is 14.4. The highest BCUT2D eigenvalue weighted by Crippen LogP contribution is 2.35. The van der Waals surface area contributed by atoms with Gasteiger partial charge in [-0.1, -0.05) is 26.7 Å². The minimum absolute atomic E-state index is 0.602. The van der Waals surface area contributed by atoms with Gasteiger partial charge >= 0.3 is 0 Å². The van der Waals surface area contributed by atoms with Gasteiger partial charge in [-0.05, 0) is 43.2 Å². The Morgan fingerprint density at radius 2 is 2.22 bits per heavy atom. The van der Waals surface area contributed by atoms with Gasteiger partial charge in [0.2, 0.25) is 0 Å². The van der Waals surface area contributed by atoms with E-state index in [1.165, 1.54) is 43.6 Å². The zero-order valence-electron chi connectivity index (χ0n) is 11.6. The molecule has 3 heteroatoms. The highest BCUT2D eigenvalue weighted by molar-refractivity contribution is 7.98. The first-order valence-corrected chi connectivity index (χ1v) is 9.24. The van der Waals surface area contributed by atoms with Gasteiger partial charge in [-0.15, -0.1) is 11.3 Å². The smallest absolute Gasteiger partial charge is 0.0414 e. The maximum absolute atomic E-state index is 3.73. The van der Waals surface area contributed by atoms with Crippen LogP contribution in [0.2, 0.25) is 0 Å². The molecule has 0 radical (unpaired) electrons. The summed E-state index contributed by atoms with van der Waals surface area (Å²) < 4.78 is 0. The Labute approximate surface area is 120 Å². The lowest BCUT2D eigenvalue weighted by atomic mass is 10.1. The molecule has 0 aromatic carbocycles.